The van der Waals surface area contributed by atoms with Gasteiger partial charge in [-0.25, -0.2) is 0 Å². The number of aryl methyl sites for hydroxylation is 1. The Hall–Kier alpha value is -1.32. The van der Waals surface area contributed by atoms with E-state index in [1.165, 1.54) is 0 Å². The summed E-state index contributed by atoms with van der Waals surface area (Å²) in [6, 6.07) is 13.1. The fraction of sp³-hybridized carbons (Fsp3) is 0.133. The summed E-state index contributed by atoms with van der Waals surface area (Å²) in [6.07, 6.45) is 0. The number of rotatable bonds is 3. The highest BCUT2D eigenvalue weighted by atomic mass is 79.9. The van der Waals surface area contributed by atoms with Gasteiger partial charge >= 0.3 is 0 Å². The minimum atomic E-state index is -0.132. The molecule has 19 heavy (non-hydrogen) atoms. The van der Waals surface area contributed by atoms with Crippen molar-refractivity contribution in [3.8, 4) is 0 Å². The molecule has 0 saturated carbocycles. The molecule has 2 aromatic carbocycles. The molecule has 0 heterocycles. The van der Waals surface area contributed by atoms with Crippen molar-refractivity contribution < 1.29 is 4.79 Å². The van der Waals surface area contributed by atoms with Crippen molar-refractivity contribution in [1.82, 2.24) is 0 Å². The summed E-state index contributed by atoms with van der Waals surface area (Å²) in [6.45, 7) is 1.98. The number of benzene rings is 2. The number of halogens is 2. The second kappa shape index (κ2) is 6.22. The molecule has 0 fully saturated rings. The molecule has 2 rings (SSSR count). The van der Waals surface area contributed by atoms with Gasteiger partial charge in [0, 0.05) is 15.9 Å². The normalized spacial score (nSPS) is 10.3. The van der Waals surface area contributed by atoms with Crippen molar-refractivity contribution in [2.45, 2.75) is 12.8 Å². The lowest BCUT2D eigenvalue weighted by atomic mass is 10.1. The lowest BCUT2D eigenvalue weighted by Crippen LogP contribution is -2.12. The van der Waals surface area contributed by atoms with Crippen molar-refractivity contribution in [2.24, 2.45) is 0 Å². The lowest BCUT2D eigenvalue weighted by Gasteiger charge is -2.08. The SMILES string of the molecule is Cc1ccc(Br)c(NC(=O)c2ccc(CCl)cc2)c1. The van der Waals surface area contributed by atoms with Crippen LogP contribution >= 0.6 is 27.5 Å². The lowest BCUT2D eigenvalue weighted by molar-refractivity contribution is 0.102. The van der Waals surface area contributed by atoms with Crippen LogP contribution in [0.1, 0.15) is 21.5 Å². The average Bonchev–Trinajstić information content (AvgIpc) is 2.43. The van der Waals surface area contributed by atoms with Gasteiger partial charge in [0.05, 0.1) is 5.69 Å². The van der Waals surface area contributed by atoms with Crippen LogP contribution in [-0.2, 0) is 5.88 Å². The highest BCUT2D eigenvalue weighted by molar-refractivity contribution is 9.10. The van der Waals surface area contributed by atoms with Crippen LogP contribution in [0.2, 0.25) is 0 Å². The van der Waals surface area contributed by atoms with Crippen molar-refractivity contribution in [3.63, 3.8) is 0 Å². The number of hydrogen-bond donors (Lipinski definition) is 1. The van der Waals surface area contributed by atoms with Crippen molar-refractivity contribution in [3.05, 3.63) is 63.6 Å². The zero-order valence-electron chi connectivity index (χ0n) is 10.4. The van der Waals surface area contributed by atoms with E-state index in [4.69, 9.17) is 11.6 Å². The van der Waals surface area contributed by atoms with Gasteiger partial charge in [0.1, 0.15) is 0 Å². The largest absolute Gasteiger partial charge is 0.321 e. The predicted molar refractivity (Wildman–Crippen MR) is 82.8 cm³/mol. The molecule has 0 aliphatic heterocycles. The van der Waals surface area contributed by atoms with Gasteiger partial charge in [0.2, 0.25) is 0 Å². The van der Waals surface area contributed by atoms with E-state index in [1.54, 1.807) is 12.1 Å². The number of nitrogens with one attached hydrogen (secondary N) is 1. The van der Waals surface area contributed by atoms with Crippen LogP contribution in [0.3, 0.4) is 0 Å². The van der Waals surface area contributed by atoms with Gasteiger partial charge in [-0.05, 0) is 58.2 Å². The molecule has 1 N–H and O–H groups in total. The highest BCUT2D eigenvalue weighted by Crippen LogP contribution is 2.24. The van der Waals surface area contributed by atoms with E-state index >= 15 is 0 Å². The number of hydrogen-bond acceptors (Lipinski definition) is 1. The van der Waals surface area contributed by atoms with Crippen molar-refractivity contribution >= 4 is 39.1 Å². The molecule has 0 aliphatic rings. The number of alkyl halides is 1. The van der Waals surface area contributed by atoms with Crippen LogP contribution in [0.5, 0.6) is 0 Å². The van der Waals surface area contributed by atoms with Gasteiger partial charge in [-0.1, -0.05) is 18.2 Å². The first kappa shape index (κ1) is 14.1. The smallest absolute Gasteiger partial charge is 0.255 e. The van der Waals surface area contributed by atoms with E-state index in [1.807, 2.05) is 37.3 Å². The maximum Gasteiger partial charge on any atom is 0.255 e. The van der Waals surface area contributed by atoms with E-state index in [0.717, 1.165) is 21.3 Å². The third-order valence-electron chi connectivity index (χ3n) is 2.74. The molecule has 0 aliphatic carbocycles. The molecule has 0 bridgehead atoms. The van der Waals surface area contributed by atoms with Crippen molar-refractivity contribution in [2.75, 3.05) is 5.32 Å². The van der Waals surface area contributed by atoms with Gasteiger partial charge in [-0.2, -0.15) is 0 Å². The molecule has 0 radical (unpaired) electrons. The molecule has 0 saturated heterocycles. The Balaban J connectivity index is 2.18. The first-order chi connectivity index (χ1) is 9.10. The molecule has 98 valence electrons. The maximum absolute atomic E-state index is 12.1. The van der Waals surface area contributed by atoms with Crippen LogP contribution in [0, 0.1) is 6.92 Å². The predicted octanol–water partition coefficient (Wildman–Crippen LogP) is 4.75. The molecule has 0 aromatic heterocycles. The fourth-order valence-corrected chi connectivity index (χ4v) is 2.20. The van der Waals surface area contributed by atoms with E-state index in [9.17, 15) is 4.79 Å². The van der Waals surface area contributed by atoms with Gasteiger partial charge in [0.15, 0.2) is 0 Å². The fourth-order valence-electron chi connectivity index (χ4n) is 1.67. The van der Waals surface area contributed by atoms with E-state index in [0.29, 0.717) is 11.4 Å². The summed E-state index contributed by atoms with van der Waals surface area (Å²) in [5.41, 5.74) is 3.47. The summed E-state index contributed by atoms with van der Waals surface area (Å²) >= 11 is 9.14. The van der Waals surface area contributed by atoms with E-state index in [2.05, 4.69) is 21.2 Å². The zero-order valence-corrected chi connectivity index (χ0v) is 12.8. The Morgan fingerprint density at radius 3 is 2.53 bits per heavy atom. The molecular weight excluding hydrogens is 326 g/mol. The number of amides is 1. The standard InChI is InChI=1S/C15H13BrClNO/c1-10-2-7-13(16)14(8-10)18-15(19)12-5-3-11(9-17)4-6-12/h2-8H,9H2,1H3,(H,18,19). The Morgan fingerprint density at radius 1 is 1.21 bits per heavy atom. The molecule has 0 spiro atoms. The maximum atomic E-state index is 12.1. The van der Waals surface area contributed by atoms with Crippen LogP contribution < -0.4 is 5.32 Å². The first-order valence-corrected chi connectivity index (χ1v) is 7.15. The Labute approximate surface area is 125 Å². The molecule has 0 atom stereocenters. The molecule has 1 amide bonds. The molecule has 4 heteroatoms. The highest BCUT2D eigenvalue weighted by Gasteiger charge is 2.08. The number of carbonyl (C=O) groups excluding carboxylic acids is 1. The summed E-state index contributed by atoms with van der Waals surface area (Å²) in [5.74, 6) is 0.318. The monoisotopic (exact) mass is 337 g/mol. The number of carbonyl (C=O) groups is 1. The zero-order chi connectivity index (χ0) is 13.8. The Kier molecular flexibility index (Phi) is 4.61. The summed E-state index contributed by atoms with van der Waals surface area (Å²) in [5, 5.41) is 2.89. The van der Waals surface area contributed by atoms with Gasteiger partial charge in [-0.15, -0.1) is 11.6 Å². The third kappa shape index (κ3) is 3.58. The summed E-state index contributed by atoms with van der Waals surface area (Å²) < 4.78 is 0.865. The van der Waals surface area contributed by atoms with E-state index in [-0.39, 0.29) is 5.91 Å². The van der Waals surface area contributed by atoms with Gasteiger partial charge in [0.25, 0.3) is 5.91 Å². The van der Waals surface area contributed by atoms with Crippen LogP contribution in [0.15, 0.2) is 46.9 Å². The van der Waals surface area contributed by atoms with Gasteiger partial charge in [-0.3, -0.25) is 4.79 Å². The van der Waals surface area contributed by atoms with Gasteiger partial charge < -0.3 is 5.32 Å². The molecule has 2 aromatic rings. The van der Waals surface area contributed by atoms with Crippen LogP contribution in [0.25, 0.3) is 0 Å². The summed E-state index contributed by atoms with van der Waals surface area (Å²) in [4.78, 5) is 12.1. The van der Waals surface area contributed by atoms with Crippen molar-refractivity contribution in [1.29, 1.82) is 0 Å². The second-order valence-corrected chi connectivity index (χ2v) is 5.39. The third-order valence-corrected chi connectivity index (χ3v) is 3.74. The minimum absolute atomic E-state index is 0.132. The van der Waals surface area contributed by atoms with Crippen LogP contribution in [-0.4, -0.2) is 5.91 Å². The number of anilines is 1. The first-order valence-electron chi connectivity index (χ1n) is 5.82. The quantitative estimate of drug-likeness (QED) is 0.804. The average molecular weight is 339 g/mol. The Morgan fingerprint density at radius 2 is 1.89 bits per heavy atom. The summed E-state index contributed by atoms with van der Waals surface area (Å²) in [7, 11) is 0. The van der Waals surface area contributed by atoms with E-state index < -0.39 is 0 Å². The molecule has 0 unspecified atom stereocenters. The minimum Gasteiger partial charge on any atom is -0.321 e. The molecular formula is C15H13BrClNO. The Bertz CT molecular complexity index is 596. The van der Waals surface area contributed by atoms with Crippen LogP contribution in [0.4, 0.5) is 5.69 Å². The topological polar surface area (TPSA) is 29.1 Å². The second-order valence-electron chi connectivity index (χ2n) is 4.27. The molecule has 2 nitrogen and oxygen atoms in total.